The number of aryl methyl sites for hydroxylation is 1. The number of halogens is 6. The number of piperazine rings is 1. The summed E-state index contributed by atoms with van der Waals surface area (Å²) in [5.74, 6) is -38.6. The lowest BCUT2D eigenvalue weighted by atomic mass is 9.76. The van der Waals surface area contributed by atoms with Gasteiger partial charge in [-0.15, -0.1) is 0 Å². The van der Waals surface area contributed by atoms with Gasteiger partial charge in [0.2, 0.25) is 11.7 Å². The SMILES string of the molecule is CC(=O)N1C(O)(O)C(O)(O)N(C2C(O)(O)C(c3ccc(F)cc3C)N(C(=O)N(C)C(C)c3cc(C(F)F)cc(C(F)(F)F)c3)C(O)(O)C2(O)O)C(O)(O)C1(O)O. The Balaban J connectivity index is 2.04. The molecule has 26 heteroatoms. The van der Waals surface area contributed by atoms with Gasteiger partial charge in [0.15, 0.2) is 0 Å². The highest BCUT2D eigenvalue weighted by molar-refractivity contribution is 5.77. The Morgan fingerprint density at radius 2 is 1.25 bits per heavy atom. The number of urea groups is 1. The van der Waals surface area contributed by atoms with Gasteiger partial charge in [-0.1, -0.05) is 6.07 Å². The molecule has 2 aromatic rings. The smallest absolute Gasteiger partial charge is 0.362 e. The molecule has 2 fully saturated rings. The van der Waals surface area contributed by atoms with Crippen molar-refractivity contribution < 1.29 is 107 Å². The quantitative estimate of drug-likeness (QED) is 0.102. The molecule has 2 aliphatic heterocycles. The Hall–Kier alpha value is -3.84. The number of aliphatic hydroxyl groups is 14. The fourth-order valence-corrected chi connectivity index (χ4v) is 6.73. The van der Waals surface area contributed by atoms with Crippen molar-refractivity contribution in [3.63, 3.8) is 0 Å². The van der Waals surface area contributed by atoms with Gasteiger partial charge < -0.3 is 76.4 Å². The molecule has 0 radical (unpaired) electrons. The standard InChI is InChI=1S/C30H36F6N4O16/c1-11-7-17(31)5-6-18(11)19-23(43,44)21(40-29(53,54)27(49,50)39(13(3)41)28(51,52)30(40,55)56)24(45,46)26(47,48)38(19)22(42)37(4)12(2)14-8-15(20(32)33)10-16(9-14)25(34,35)36/h5-10,12,19-21,43-56H,1-4H3. The van der Waals surface area contributed by atoms with E-state index in [0.717, 1.165) is 13.8 Å². The van der Waals surface area contributed by atoms with Crippen LogP contribution in [-0.4, -0.2) is 157 Å². The van der Waals surface area contributed by atoms with Crippen LogP contribution >= 0.6 is 0 Å². The van der Waals surface area contributed by atoms with E-state index in [1.54, 1.807) is 0 Å². The number of rotatable bonds is 5. The number of piperidine rings is 1. The number of amides is 3. The Morgan fingerprint density at radius 3 is 1.68 bits per heavy atom. The highest BCUT2D eigenvalue weighted by atomic mass is 19.4. The minimum Gasteiger partial charge on any atom is -0.362 e. The number of hydrogen-bond acceptors (Lipinski definition) is 17. The molecule has 0 spiro atoms. The average molecular weight is 823 g/mol. The maximum Gasteiger partial charge on any atom is 0.416 e. The van der Waals surface area contributed by atoms with Crippen LogP contribution in [0.15, 0.2) is 36.4 Å². The summed E-state index contributed by atoms with van der Waals surface area (Å²) >= 11 is 0. The third-order valence-electron chi connectivity index (χ3n) is 9.70. The minimum absolute atomic E-state index is 0.0763. The highest BCUT2D eigenvalue weighted by Gasteiger charge is 2.86. The molecular formula is C30H36F6N4O16. The molecule has 0 aliphatic carbocycles. The second-order valence-corrected chi connectivity index (χ2v) is 13.3. The van der Waals surface area contributed by atoms with E-state index in [0.29, 0.717) is 37.4 Å². The van der Waals surface area contributed by atoms with Crippen LogP contribution in [-0.2, 0) is 11.0 Å². The topological polar surface area (TPSA) is 330 Å². The highest BCUT2D eigenvalue weighted by Crippen LogP contribution is 2.56. The van der Waals surface area contributed by atoms with E-state index in [4.69, 9.17) is 0 Å². The monoisotopic (exact) mass is 822 g/mol. The summed E-state index contributed by atoms with van der Waals surface area (Å²) in [6, 6.07) is -8.95. The van der Waals surface area contributed by atoms with Crippen molar-refractivity contribution in [2.75, 3.05) is 7.05 Å². The minimum atomic E-state index is -5.25. The zero-order valence-corrected chi connectivity index (χ0v) is 28.9. The van der Waals surface area contributed by atoms with E-state index >= 15 is 0 Å². The first-order valence-electron chi connectivity index (χ1n) is 15.5. The maximum absolute atomic E-state index is 14.3. The number of carbonyl (C=O) groups excluding carboxylic acids is 2. The molecule has 14 N–H and O–H groups in total. The zero-order valence-electron chi connectivity index (χ0n) is 28.9. The van der Waals surface area contributed by atoms with Crippen molar-refractivity contribution in [1.82, 2.24) is 19.6 Å². The van der Waals surface area contributed by atoms with Gasteiger partial charge in [-0.3, -0.25) is 9.69 Å². The van der Waals surface area contributed by atoms with E-state index in [2.05, 4.69) is 0 Å². The van der Waals surface area contributed by atoms with Gasteiger partial charge in [0.05, 0.1) is 11.6 Å². The van der Waals surface area contributed by atoms with Gasteiger partial charge in [0.1, 0.15) is 17.9 Å². The van der Waals surface area contributed by atoms with Crippen molar-refractivity contribution in [2.24, 2.45) is 0 Å². The average Bonchev–Trinajstić information content (AvgIpc) is 3.02. The molecule has 314 valence electrons. The normalized spacial score (nSPS) is 25.5. The number of carbonyl (C=O) groups is 2. The van der Waals surface area contributed by atoms with Gasteiger partial charge in [-0.25, -0.2) is 22.9 Å². The molecule has 3 unspecified atom stereocenters. The molecule has 4 rings (SSSR count). The van der Waals surface area contributed by atoms with E-state index in [9.17, 15) is 107 Å². The van der Waals surface area contributed by atoms with Crippen LogP contribution < -0.4 is 0 Å². The lowest BCUT2D eigenvalue weighted by Gasteiger charge is -2.67. The third kappa shape index (κ3) is 6.35. The summed E-state index contributed by atoms with van der Waals surface area (Å²) in [5.41, 5.74) is -5.06. The first kappa shape index (κ1) is 44.9. The molecule has 2 aliphatic rings. The van der Waals surface area contributed by atoms with Crippen LogP contribution in [0.2, 0.25) is 0 Å². The Labute approximate surface area is 309 Å². The molecule has 2 aromatic carbocycles. The first-order chi connectivity index (χ1) is 25.0. The summed E-state index contributed by atoms with van der Waals surface area (Å²) in [7, 11) is 0.636. The molecule has 0 saturated carbocycles. The zero-order chi connectivity index (χ0) is 43.5. The number of nitrogens with zero attached hydrogens (tertiary/aromatic N) is 4. The lowest BCUT2D eigenvalue weighted by molar-refractivity contribution is -0.623. The number of hydrogen-bond donors (Lipinski definition) is 14. The number of benzene rings is 2. The summed E-state index contributed by atoms with van der Waals surface area (Å²) in [6.45, 7) is 2.04. The molecule has 2 saturated heterocycles. The largest absolute Gasteiger partial charge is 0.416 e. The Morgan fingerprint density at radius 1 is 0.768 bits per heavy atom. The van der Waals surface area contributed by atoms with Crippen molar-refractivity contribution >= 4 is 11.9 Å². The predicted octanol–water partition coefficient (Wildman–Crippen LogP) is -3.65. The van der Waals surface area contributed by atoms with Gasteiger partial charge in [-0.05, 0) is 60.9 Å². The van der Waals surface area contributed by atoms with Crippen LogP contribution in [0, 0.1) is 12.7 Å². The number of likely N-dealkylation sites (tertiary alicyclic amines) is 1. The molecule has 3 atom stereocenters. The molecule has 0 aromatic heterocycles. The van der Waals surface area contributed by atoms with Crippen molar-refractivity contribution in [1.29, 1.82) is 0 Å². The predicted molar refractivity (Wildman–Crippen MR) is 162 cm³/mol. The molecule has 56 heavy (non-hydrogen) atoms. The molecular weight excluding hydrogens is 786 g/mol. The summed E-state index contributed by atoms with van der Waals surface area (Å²) in [4.78, 5) is 23.2. The van der Waals surface area contributed by atoms with Crippen LogP contribution in [0.5, 0.6) is 0 Å². The fraction of sp³-hybridized carbons (Fsp3) is 0.533. The summed E-state index contributed by atoms with van der Waals surface area (Å²) in [6.07, 6.45) is -8.77. The second-order valence-electron chi connectivity index (χ2n) is 13.3. The van der Waals surface area contributed by atoms with Gasteiger partial charge in [0.25, 0.3) is 12.2 Å². The number of alkyl halides is 5. The fourth-order valence-electron chi connectivity index (χ4n) is 6.73. The van der Waals surface area contributed by atoms with Crippen LogP contribution in [0.25, 0.3) is 0 Å². The molecule has 2 heterocycles. The van der Waals surface area contributed by atoms with Gasteiger partial charge in [0, 0.05) is 19.5 Å². The van der Waals surface area contributed by atoms with Crippen molar-refractivity contribution in [3.05, 3.63) is 70.0 Å². The summed E-state index contributed by atoms with van der Waals surface area (Å²) in [5, 5.41) is 156. The molecule has 20 nitrogen and oxygen atoms in total. The van der Waals surface area contributed by atoms with E-state index in [-0.39, 0.29) is 17.9 Å². The lowest BCUT2D eigenvalue weighted by Crippen LogP contribution is -2.96. The second kappa shape index (κ2) is 13.4. The van der Waals surface area contributed by atoms with E-state index in [1.807, 2.05) is 0 Å². The maximum atomic E-state index is 14.3. The Bertz CT molecular complexity index is 1860. The third-order valence-corrected chi connectivity index (χ3v) is 9.70. The van der Waals surface area contributed by atoms with Gasteiger partial charge in [-0.2, -0.15) is 18.1 Å². The van der Waals surface area contributed by atoms with E-state index in [1.165, 1.54) is 0 Å². The van der Waals surface area contributed by atoms with Gasteiger partial charge >= 0.3 is 41.8 Å². The van der Waals surface area contributed by atoms with Crippen LogP contribution in [0.4, 0.5) is 31.1 Å². The molecule has 3 amide bonds. The van der Waals surface area contributed by atoms with Crippen LogP contribution in [0.3, 0.4) is 0 Å². The Kier molecular flexibility index (Phi) is 10.7. The van der Waals surface area contributed by atoms with Crippen LogP contribution in [0.1, 0.15) is 60.2 Å². The van der Waals surface area contributed by atoms with E-state index < -0.39 is 132 Å². The molecule has 0 bridgehead atoms. The van der Waals surface area contributed by atoms with Crippen molar-refractivity contribution in [3.8, 4) is 0 Å². The first-order valence-corrected chi connectivity index (χ1v) is 15.5. The van der Waals surface area contributed by atoms with Crippen molar-refractivity contribution in [2.45, 2.75) is 92.6 Å². The summed E-state index contributed by atoms with van der Waals surface area (Å²) < 4.78 is 82.6.